The Morgan fingerprint density at radius 2 is 2.00 bits per heavy atom. The van der Waals surface area contributed by atoms with Crippen molar-refractivity contribution in [1.82, 2.24) is 9.80 Å². The Labute approximate surface area is 152 Å². The zero-order chi connectivity index (χ0) is 18.9. The molecule has 142 valence electrons. The van der Waals surface area contributed by atoms with Crippen LogP contribution in [0.25, 0.3) is 0 Å². The smallest absolute Gasteiger partial charge is 0.228 e. The molecule has 1 aromatic carbocycles. The molecule has 0 N–H and O–H groups in total. The Bertz CT molecular complexity index is 794. The molecule has 6 nitrogen and oxygen atoms in total. The van der Waals surface area contributed by atoms with E-state index in [-0.39, 0.29) is 41.6 Å². The lowest BCUT2D eigenvalue weighted by atomic mass is 10.1. The minimum atomic E-state index is -3.06. The molecule has 0 aromatic heterocycles. The van der Waals surface area contributed by atoms with Crippen molar-refractivity contribution in [2.75, 3.05) is 31.6 Å². The first kappa shape index (κ1) is 18.8. The molecular weight excluding hydrogens is 359 g/mol. The molecule has 0 spiro atoms. The molecule has 2 amide bonds. The number of sulfone groups is 1. The van der Waals surface area contributed by atoms with Crippen LogP contribution in [0.4, 0.5) is 4.39 Å². The maximum absolute atomic E-state index is 12.9. The number of nitrogens with zero attached hydrogens (tertiary/aromatic N) is 2. The molecule has 0 radical (unpaired) electrons. The second kappa shape index (κ2) is 7.34. The molecular formula is C18H23FN2O4S. The van der Waals surface area contributed by atoms with Crippen LogP contribution >= 0.6 is 0 Å². The first-order valence-corrected chi connectivity index (χ1v) is 10.6. The summed E-state index contributed by atoms with van der Waals surface area (Å²) in [5, 5.41) is 0. The third-order valence-corrected chi connectivity index (χ3v) is 7.00. The van der Waals surface area contributed by atoms with Crippen molar-refractivity contribution < 1.29 is 22.4 Å². The monoisotopic (exact) mass is 382 g/mol. The summed E-state index contributed by atoms with van der Waals surface area (Å²) < 4.78 is 36.2. The summed E-state index contributed by atoms with van der Waals surface area (Å²) in [7, 11) is -1.43. The van der Waals surface area contributed by atoms with E-state index < -0.39 is 15.8 Å². The van der Waals surface area contributed by atoms with Crippen molar-refractivity contribution in [3.63, 3.8) is 0 Å². The Morgan fingerprint density at radius 1 is 1.31 bits per heavy atom. The van der Waals surface area contributed by atoms with Gasteiger partial charge in [0.15, 0.2) is 9.84 Å². The molecule has 2 atom stereocenters. The number of benzene rings is 1. The molecule has 0 saturated carbocycles. The summed E-state index contributed by atoms with van der Waals surface area (Å²) >= 11 is 0. The number of carbonyl (C=O) groups is 2. The molecule has 2 saturated heterocycles. The minimum absolute atomic E-state index is 0.00415. The fourth-order valence-corrected chi connectivity index (χ4v) is 5.39. The number of halogens is 1. The van der Waals surface area contributed by atoms with E-state index in [0.717, 1.165) is 5.56 Å². The molecule has 0 bridgehead atoms. The Morgan fingerprint density at radius 3 is 2.62 bits per heavy atom. The predicted molar refractivity (Wildman–Crippen MR) is 94.6 cm³/mol. The predicted octanol–water partition coefficient (Wildman–Crippen LogP) is 0.862. The van der Waals surface area contributed by atoms with Crippen molar-refractivity contribution in [1.29, 1.82) is 0 Å². The number of amides is 2. The van der Waals surface area contributed by atoms with E-state index in [1.165, 1.54) is 17.0 Å². The number of likely N-dealkylation sites (tertiary alicyclic amines) is 1. The van der Waals surface area contributed by atoms with Crippen molar-refractivity contribution in [3.05, 3.63) is 35.6 Å². The van der Waals surface area contributed by atoms with Crippen LogP contribution in [-0.2, 0) is 25.8 Å². The third kappa shape index (κ3) is 4.23. The van der Waals surface area contributed by atoms with Crippen molar-refractivity contribution in [2.45, 2.75) is 25.3 Å². The lowest BCUT2D eigenvalue weighted by Crippen LogP contribution is -2.42. The van der Waals surface area contributed by atoms with Gasteiger partial charge in [-0.25, -0.2) is 12.8 Å². The molecule has 2 fully saturated rings. The Kier molecular flexibility index (Phi) is 5.32. The zero-order valence-corrected chi connectivity index (χ0v) is 15.5. The number of hydrogen-bond acceptors (Lipinski definition) is 4. The molecule has 0 aliphatic carbocycles. The van der Waals surface area contributed by atoms with E-state index in [1.54, 1.807) is 24.1 Å². The van der Waals surface area contributed by atoms with Gasteiger partial charge in [-0.3, -0.25) is 9.59 Å². The summed E-state index contributed by atoms with van der Waals surface area (Å²) in [4.78, 5) is 28.0. The van der Waals surface area contributed by atoms with Crippen molar-refractivity contribution in [3.8, 4) is 0 Å². The average Bonchev–Trinajstić information content (AvgIpc) is 3.15. The first-order chi connectivity index (χ1) is 12.2. The molecule has 8 heteroatoms. The number of carbonyl (C=O) groups excluding carboxylic acids is 2. The van der Waals surface area contributed by atoms with E-state index in [0.29, 0.717) is 25.9 Å². The molecule has 2 aliphatic heterocycles. The third-order valence-electron chi connectivity index (χ3n) is 5.25. The molecule has 2 unspecified atom stereocenters. The van der Waals surface area contributed by atoms with Crippen LogP contribution in [0.2, 0.25) is 0 Å². The van der Waals surface area contributed by atoms with Gasteiger partial charge in [-0.15, -0.1) is 0 Å². The highest BCUT2D eigenvalue weighted by atomic mass is 32.2. The van der Waals surface area contributed by atoms with Gasteiger partial charge in [0.05, 0.1) is 17.4 Å². The standard InChI is InChI=1S/C18H23FN2O4S/c1-20(16-7-9-26(24,25)12-16)18(23)14-10-17(22)21(11-14)8-6-13-2-4-15(19)5-3-13/h2-5,14,16H,6-12H2,1H3. The first-order valence-electron chi connectivity index (χ1n) is 8.74. The van der Waals surface area contributed by atoms with E-state index in [4.69, 9.17) is 0 Å². The van der Waals surface area contributed by atoms with Crippen LogP contribution in [0.15, 0.2) is 24.3 Å². The van der Waals surface area contributed by atoms with Crippen LogP contribution in [-0.4, -0.2) is 67.7 Å². The van der Waals surface area contributed by atoms with Crippen molar-refractivity contribution in [2.24, 2.45) is 5.92 Å². The van der Waals surface area contributed by atoms with Crippen LogP contribution in [0.3, 0.4) is 0 Å². The summed E-state index contributed by atoms with van der Waals surface area (Å²) in [5.74, 6) is -0.840. The maximum Gasteiger partial charge on any atom is 0.228 e. The van der Waals surface area contributed by atoms with Gasteiger partial charge in [-0.2, -0.15) is 0 Å². The van der Waals surface area contributed by atoms with Gasteiger partial charge in [-0.1, -0.05) is 12.1 Å². The SMILES string of the molecule is CN(C(=O)C1CC(=O)N(CCc2ccc(F)cc2)C1)C1CCS(=O)(=O)C1. The van der Waals surface area contributed by atoms with Crippen LogP contribution in [0, 0.1) is 11.7 Å². The second-order valence-electron chi connectivity index (χ2n) is 7.12. The number of hydrogen-bond donors (Lipinski definition) is 0. The topological polar surface area (TPSA) is 74.8 Å². The van der Waals surface area contributed by atoms with Gasteiger partial charge in [0.2, 0.25) is 11.8 Å². The minimum Gasteiger partial charge on any atom is -0.342 e. The maximum atomic E-state index is 12.9. The van der Waals surface area contributed by atoms with Crippen molar-refractivity contribution >= 4 is 21.7 Å². The highest BCUT2D eigenvalue weighted by molar-refractivity contribution is 7.91. The van der Waals surface area contributed by atoms with Gasteiger partial charge in [0.1, 0.15) is 5.82 Å². The lowest BCUT2D eigenvalue weighted by Gasteiger charge is -2.26. The highest BCUT2D eigenvalue weighted by Crippen LogP contribution is 2.24. The summed E-state index contributed by atoms with van der Waals surface area (Å²) in [6.45, 7) is 0.832. The van der Waals surface area contributed by atoms with Gasteiger partial charge in [-0.05, 0) is 30.5 Å². The lowest BCUT2D eigenvalue weighted by molar-refractivity contribution is -0.136. The van der Waals surface area contributed by atoms with Gasteiger partial charge in [0.25, 0.3) is 0 Å². The molecule has 2 heterocycles. The van der Waals surface area contributed by atoms with Crippen LogP contribution in [0.5, 0.6) is 0 Å². The largest absolute Gasteiger partial charge is 0.342 e. The van der Waals surface area contributed by atoms with Crippen LogP contribution < -0.4 is 0 Å². The second-order valence-corrected chi connectivity index (χ2v) is 9.35. The average molecular weight is 382 g/mol. The Balaban J connectivity index is 1.55. The number of rotatable bonds is 5. The molecule has 26 heavy (non-hydrogen) atoms. The summed E-state index contributed by atoms with van der Waals surface area (Å²) in [5.41, 5.74) is 0.933. The zero-order valence-electron chi connectivity index (χ0n) is 14.7. The Hall–Kier alpha value is -1.96. The molecule has 1 aromatic rings. The normalized spacial score (nSPS) is 24.8. The quantitative estimate of drug-likeness (QED) is 0.757. The van der Waals surface area contributed by atoms with E-state index in [1.807, 2.05) is 0 Å². The fourth-order valence-electron chi connectivity index (χ4n) is 3.62. The van der Waals surface area contributed by atoms with E-state index in [2.05, 4.69) is 0 Å². The fraction of sp³-hybridized carbons (Fsp3) is 0.556. The van der Waals surface area contributed by atoms with Gasteiger partial charge >= 0.3 is 0 Å². The molecule has 3 rings (SSSR count). The van der Waals surface area contributed by atoms with Gasteiger partial charge < -0.3 is 9.80 Å². The van der Waals surface area contributed by atoms with Crippen LogP contribution in [0.1, 0.15) is 18.4 Å². The summed E-state index contributed by atoms with van der Waals surface area (Å²) in [6, 6.07) is 5.85. The summed E-state index contributed by atoms with van der Waals surface area (Å²) in [6.07, 6.45) is 1.22. The highest BCUT2D eigenvalue weighted by Gasteiger charge is 2.39. The van der Waals surface area contributed by atoms with Gasteiger partial charge in [0, 0.05) is 32.6 Å². The van der Waals surface area contributed by atoms with E-state index in [9.17, 15) is 22.4 Å². The molecule has 2 aliphatic rings. The van der Waals surface area contributed by atoms with E-state index >= 15 is 0 Å².